The Hall–Kier alpha value is -4.40. The van der Waals surface area contributed by atoms with Crippen LogP contribution in [0.15, 0.2) is 78.9 Å². The summed E-state index contributed by atoms with van der Waals surface area (Å²) in [5.74, 6) is -0.501. The van der Waals surface area contributed by atoms with Crippen LogP contribution in [-0.2, 0) is 0 Å². The van der Waals surface area contributed by atoms with Crippen LogP contribution in [0.5, 0.6) is 5.75 Å². The third kappa shape index (κ3) is 6.30. The van der Waals surface area contributed by atoms with Crippen LogP contribution >= 0.6 is 0 Å². The van der Waals surface area contributed by atoms with E-state index < -0.39 is 16.9 Å². The van der Waals surface area contributed by atoms with Crippen LogP contribution in [0.25, 0.3) is 0 Å². The van der Waals surface area contributed by atoms with Gasteiger partial charge in [-0.05, 0) is 42.0 Å². The number of carboxylic acids is 1. The van der Waals surface area contributed by atoms with Crippen molar-refractivity contribution in [2.24, 2.45) is 0 Å². The first-order valence-corrected chi connectivity index (χ1v) is 9.76. The highest BCUT2D eigenvalue weighted by Crippen LogP contribution is 2.25. The standard InChI is InChI=1S/C23H21N3O6/c27-22(28)17-6-12-20(13-7-17)32-21(16-4-2-1-3-5-16)14-15-24-23(29)25-18-8-10-19(11-9-18)26(30)31/h1-13,21H,14-15H2,(H,27,28)(H2,24,25,29). The molecule has 9 nitrogen and oxygen atoms in total. The number of aromatic carboxylic acids is 1. The topological polar surface area (TPSA) is 131 Å². The van der Waals surface area contributed by atoms with Crippen LogP contribution in [0, 0.1) is 10.1 Å². The van der Waals surface area contributed by atoms with E-state index in [0.29, 0.717) is 24.4 Å². The van der Waals surface area contributed by atoms with Gasteiger partial charge in [0, 0.05) is 30.8 Å². The average molecular weight is 435 g/mol. The SMILES string of the molecule is O=C(NCCC(Oc1ccc(C(=O)O)cc1)c1ccccc1)Nc1ccc([N+](=O)[O-])cc1. The van der Waals surface area contributed by atoms with Gasteiger partial charge >= 0.3 is 12.0 Å². The van der Waals surface area contributed by atoms with Crippen molar-refractivity contribution in [2.45, 2.75) is 12.5 Å². The van der Waals surface area contributed by atoms with Crippen LogP contribution in [0.1, 0.15) is 28.4 Å². The molecule has 0 aromatic heterocycles. The highest BCUT2D eigenvalue weighted by molar-refractivity contribution is 5.89. The molecule has 0 saturated carbocycles. The first-order chi connectivity index (χ1) is 15.4. The van der Waals surface area contributed by atoms with E-state index in [1.165, 1.54) is 36.4 Å². The van der Waals surface area contributed by atoms with E-state index in [4.69, 9.17) is 9.84 Å². The molecule has 32 heavy (non-hydrogen) atoms. The van der Waals surface area contributed by atoms with Crippen LogP contribution in [0.2, 0.25) is 0 Å². The van der Waals surface area contributed by atoms with Crippen molar-refractivity contribution in [3.8, 4) is 5.75 Å². The lowest BCUT2D eigenvalue weighted by Crippen LogP contribution is -2.30. The summed E-state index contributed by atoms with van der Waals surface area (Å²) in [6.45, 7) is 0.297. The monoisotopic (exact) mass is 435 g/mol. The fourth-order valence-electron chi connectivity index (χ4n) is 2.96. The van der Waals surface area contributed by atoms with Crippen molar-refractivity contribution in [1.29, 1.82) is 0 Å². The van der Waals surface area contributed by atoms with Gasteiger partial charge in [-0.1, -0.05) is 30.3 Å². The zero-order valence-electron chi connectivity index (χ0n) is 16.9. The normalized spacial score (nSPS) is 11.2. The van der Waals surface area contributed by atoms with Crippen molar-refractivity contribution >= 4 is 23.4 Å². The maximum atomic E-state index is 12.2. The Bertz CT molecular complexity index is 1070. The van der Waals surface area contributed by atoms with Gasteiger partial charge < -0.3 is 20.5 Å². The van der Waals surface area contributed by atoms with E-state index >= 15 is 0 Å². The Labute approximate surface area is 183 Å². The molecule has 0 radical (unpaired) electrons. The second kappa shape index (κ2) is 10.6. The number of hydrogen-bond donors (Lipinski definition) is 3. The molecule has 3 aromatic rings. The molecule has 1 atom stereocenters. The summed E-state index contributed by atoms with van der Waals surface area (Å²) in [5.41, 5.74) is 1.45. The number of nitro benzene ring substituents is 1. The summed E-state index contributed by atoms with van der Waals surface area (Å²) in [4.78, 5) is 33.4. The van der Waals surface area contributed by atoms with Gasteiger partial charge in [-0.25, -0.2) is 9.59 Å². The number of hydrogen-bond acceptors (Lipinski definition) is 5. The molecule has 164 valence electrons. The van der Waals surface area contributed by atoms with Gasteiger partial charge in [0.25, 0.3) is 5.69 Å². The van der Waals surface area contributed by atoms with Crippen LogP contribution in [0.3, 0.4) is 0 Å². The summed E-state index contributed by atoms with van der Waals surface area (Å²) in [6, 6.07) is 20.7. The molecule has 0 aliphatic rings. The highest BCUT2D eigenvalue weighted by Gasteiger charge is 2.15. The second-order valence-corrected chi connectivity index (χ2v) is 6.82. The van der Waals surface area contributed by atoms with Crippen molar-refractivity contribution < 1.29 is 24.4 Å². The van der Waals surface area contributed by atoms with Crippen molar-refractivity contribution in [3.63, 3.8) is 0 Å². The van der Waals surface area contributed by atoms with Gasteiger partial charge in [0.1, 0.15) is 11.9 Å². The molecule has 0 fully saturated rings. The second-order valence-electron chi connectivity index (χ2n) is 6.82. The number of rotatable bonds is 9. The molecule has 0 spiro atoms. The van der Waals surface area contributed by atoms with Gasteiger partial charge in [0.2, 0.25) is 0 Å². The lowest BCUT2D eigenvalue weighted by Gasteiger charge is -2.20. The Morgan fingerprint density at radius 3 is 2.22 bits per heavy atom. The van der Waals surface area contributed by atoms with E-state index in [2.05, 4.69) is 10.6 Å². The summed E-state index contributed by atoms with van der Waals surface area (Å²) in [5, 5.41) is 25.1. The van der Waals surface area contributed by atoms with Crippen molar-refractivity contribution in [1.82, 2.24) is 5.32 Å². The van der Waals surface area contributed by atoms with Crippen LogP contribution in [-0.4, -0.2) is 28.6 Å². The molecular weight excluding hydrogens is 414 g/mol. The minimum absolute atomic E-state index is 0.0600. The number of urea groups is 1. The molecule has 1 unspecified atom stereocenters. The fraction of sp³-hybridized carbons (Fsp3) is 0.130. The summed E-state index contributed by atoms with van der Waals surface area (Å²) < 4.78 is 6.04. The molecule has 0 aliphatic heterocycles. The third-order valence-electron chi connectivity index (χ3n) is 4.58. The lowest BCUT2D eigenvalue weighted by atomic mass is 10.1. The number of nitrogens with zero attached hydrogens (tertiary/aromatic N) is 1. The Kier molecular flexibility index (Phi) is 7.37. The van der Waals surface area contributed by atoms with Crippen LogP contribution < -0.4 is 15.4 Å². The van der Waals surface area contributed by atoms with E-state index in [0.717, 1.165) is 5.56 Å². The van der Waals surface area contributed by atoms with Gasteiger partial charge in [0.05, 0.1) is 10.5 Å². The quantitative estimate of drug-likeness (QED) is 0.332. The van der Waals surface area contributed by atoms with E-state index in [9.17, 15) is 19.7 Å². The average Bonchev–Trinajstić information content (AvgIpc) is 2.79. The molecule has 0 saturated heterocycles. The summed E-state index contributed by atoms with van der Waals surface area (Å²) in [6.07, 6.45) is 0.0878. The van der Waals surface area contributed by atoms with E-state index in [1.807, 2.05) is 30.3 Å². The molecule has 3 rings (SSSR count). The number of carbonyl (C=O) groups is 2. The zero-order chi connectivity index (χ0) is 22.9. The first kappa shape index (κ1) is 22.3. The maximum Gasteiger partial charge on any atom is 0.335 e. The molecule has 3 aromatic carbocycles. The van der Waals surface area contributed by atoms with Crippen molar-refractivity contribution in [2.75, 3.05) is 11.9 Å². The number of benzene rings is 3. The summed E-state index contributed by atoms with van der Waals surface area (Å²) in [7, 11) is 0. The third-order valence-corrected chi connectivity index (χ3v) is 4.58. The number of amides is 2. The number of nitro groups is 1. The van der Waals surface area contributed by atoms with Gasteiger partial charge in [-0.2, -0.15) is 0 Å². The first-order valence-electron chi connectivity index (χ1n) is 9.76. The minimum Gasteiger partial charge on any atom is -0.486 e. The smallest absolute Gasteiger partial charge is 0.335 e. The van der Waals surface area contributed by atoms with Gasteiger partial charge in [-0.3, -0.25) is 10.1 Å². The Morgan fingerprint density at radius 1 is 0.969 bits per heavy atom. The number of non-ortho nitro benzene ring substituents is 1. The molecule has 0 aliphatic carbocycles. The number of carbonyl (C=O) groups excluding carboxylic acids is 1. The van der Waals surface area contributed by atoms with Gasteiger partial charge in [-0.15, -0.1) is 0 Å². The van der Waals surface area contributed by atoms with Gasteiger partial charge in [0.15, 0.2) is 0 Å². The molecule has 0 bridgehead atoms. The predicted octanol–water partition coefficient (Wildman–Crippen LogP) is 4.62. The largest absolute Gasteiger partial charge is 0.486 e. The van der Waals surface area contributed by atoms with Crippen molar-refractivity contribution in [3.05, 3.63) is 100 Å². The van der Waals surface area contributed by atoms with E-state index in [1.54, 1.807) is 12.1 Å². The fourth-order valence-corrected chi connectivity index (χ4v) is 2.96. The molecule has 9 heteroatoms. The number of nitrogens with one attached hydrogen (secondary N) is 2. The number of ether oxygens (including phenoxy) is 1. The Balaban J connectivity index is 1.58. The maximum absolute atomic E-state index is 12.2. The van der Waals surface area contributed by atoms with E-state index in [-0.39, 0.29) is 17.4 Å². The highest BCUT2D eigenvalue weighted by atomic mass is 16.6. The van der Waals surface area contributed by atoms with Crippen LogP contribution in [0.4, 0.5) is 16.2 Å². The molecule has 3 N–H and O–H groups in total. The molecule has 0 heterocycles. The summed E-state index contributed by atoms with van der Waals surface area (Å²) >= 11 is 0. The number of anilines is 1. The number of carboxylic acid groups (broad SMARTS) is 1. The predicted molar refractivity (Wildman–Crippen MR) is 118 cm³/mol. The zero-order valence-corrected chi connectivity index (χ0v) is 16.9. The minimum atomic E-state index is -1.01. The molecule has 2 amide bonds. The Morgan fingerprint density at radius 2 is 1.62 bits per heavy atom. The lowest BCUT2D eigenvalue weighted by molar-refractivity contribution is -0.384. The molecular formula is C23H21N3O6.